The quantitative estimate of drug-likeness (QED) is 0.742. The molecule has 1 heterocycles. The van der Waals surface area contributed by atoms with E-state index in [0.29, 0.717) is 17.7 Å². The third-order valence-corrected chi connectivity index (χ3v) is 4.82. The number of halogens is 6. The maximum atomic E-state index is 13.2. The zero-order valence-corrected chi connectivity index (χ0v) is 15.4. The van der Waals surface area contributed by atoms with Crippen molar-refractivity contribution in [2.24, 2.45) is 0 Å². The first kappa shape index (κ1) is 22.1. The van der Waals surface area contributed by atoms with Gasteiger partial charge in [0, 0.05) is 23.4 Å². The van der Waals surface area contributed by atoms with E-state index >= 15 is 0 Å². The van der Waals surface area contributed by atoms with Gasteiger partial charge in [-0.2, -0.15) is 26.3 Å². The van der Waals surface area contributed by atoms with E-state index in [1.54, 1.807) is 30.3 Å². The average Bonchev–Trinajstić information content (AvgIpc) is 2.88. The highest BCUT2D eigenvalue weighted by molar-refractivity contribution is 5.95. The van der Waals surface area contributed by atoms with Gasteiger partial charge in [-0.3, -0.25) is 4.79 Å². The molecule has 0 aromatic heterocycles. The van der Waals surface area contributed by atoms with E-state index < -0.39 is 23.5 Å². The second-order valence-corrected chi connectivity index (χ2v) is 6.81. The van der Waals surface area contributed by atoms with Gasteiger partial charge in [-0.25, -0.2) is 0 Å². The maximum Gasteiger partial charge on any atom is 0.430 e. The molecule has 1 aliphatic heterocycles. The number of carbonyl (C=O) groups excluding carboxylic acids is 1. The lowest BCUT2D eigenvalue weighted by molar-refractivity contribution is -0.376. The molecular formula is C20H17F6NO3. The van der Waals surface area contributed by atoms with Crippen molar-refractivity contribution in [3.05, 3.63) is 65.2 Å². The van der Waals surface area contributed by atoms with E-state index in [9.17, 15) is 36.2 Å². The predicted molar refractivity (Wildman–Crippen MR) is 94.6 cm³/mol. The van der Waals surface area contributed by atoms with Crippen molar-refractivity contribution in [1.29, 1.82) is 0 Å². The monoisotopic (exact) mass is 433 g/mol. The van der Waals surface area contributed by atoms with Gasteiger partial charge in [0.2, 0.25) is 5.91 Å². The van der Waals surface area contributed by atoms with Crippen molar-refractivity contribution < 1.29 is 41.0 Å². The van der Waals surface area contributed by atoms with Gasteiger partial charge in [-0.15, -0.1) is 0 Å². The molecule has 30 heavy (non-hydrogen) atoms. The molecule has 3 rings (SSSR count). The van der Waals surface area contributed by atoms with Crippen LogP contribution in [0.1, 0.15) is 16.7 Å². The van der Waals surface area contributed by atoms with Crippen molar-refractivity contribution in [3.8, 4) is 0 Å². The van der Waals surface area contributed by atoms with Gasteiger partial charge in [0.05, 0.1) is 19.6 Å². The first-order valence-corrected chi connectivity index (χ1v) is 8.86. The zero-order chi connectivity index (χ0) is 22.2. The van der Waals surface area contributed by atoms with Gasteiger partial charge in [0.15, 0.2) is 0 Å². The molecule has 162 valence electrons. The molecule has 0 radical (unpaired) electrons. The molecular weight excluding hydrogens is 416 g/mol. The molecule has 0 unspecified atom stereocenters. The van der Waals surface area contributed by atoms with Crippen LogP contribution in [0.5, 0.6) is 0 Å². The van der Waals surface area contributed by atoms with E-state index in [1.165, 1.54) is 4.90 Å². The summed E-state index contributed by atoms with van der Waals surface area (Å²) in [6, 6.07) is 10.8. The van der Waals surface area contributed by atoms with E-state index in [1.807, 2.05) is 0 Å². The van der Waals surface area contributed by atoms with Crippen molar-refractivity contribution in [1.82, 2.24) is 0 Å². The number of benzene rings is 2. The molecule has 0 saturated carbocycles. The molecule has 0 fully saturated rings. The van der Waals surface area contributed by atoms with Crippen LogP contribution in [0, 0.1) is 0 Å². The Labute approximate surface area is 167 Å². The molecule has 4 nitrogen and oxygen atoms in total. The summed E-state index contributed by atoms with van der Waals surface area (Å²) in [5.74, 6) is -0.386. The average molecular weight is 433 g/mol. The normalized spacial score (nSPS) is 15.5. The van der Waals surface area contributed by atoms with Gasteiger partial charge in [0.25, 0.3) is 5.60 Å². The lowest BCUT2D eigenvalue weighted by Crippen LogP contribution is -2.54. The highest BCUT2D eigenvalue weighted by Crippen LogP contribution is 2.50. The zero-order valence-electron chi connectivity index (χ0n) is 15.4. The lowest BCUT2D eigenvalue weighted by Gasteiger charge is -2.33. The summed E-state index contributed by atoms with van der Waals surface area (Å²) in [4.78, 5) is 14.0. The number of carbonyl (C=O) groups is 1. The Morgan fingerprint density at radius 1 is 1.00 bits per heavy atom. The third kappa shape index (κ3) is 4.01. The van der Waals surface area contributed by atoms with E-state index in [0.717, 1.165) is 6.07 Å². The number of anilines is 1. The van der Waals surface area contributed by atoms with Crippen LogP contribution in [0.25, 0.3) is 0 Å². The number of hydrogen-bond acceptors (Lipinski definition) is 3. The summed E-state index contributed by atoms with van der Waals surface area (Å²) in [5.41, 5.74) is -5.64. The first-order valence-electron chi connectivity index (χ1n) is 8.86. The fraction of sp³-hybridized carbons (Fsp3) is 0.350. The molecule has 0 aliphatic carbocycles. The Kier molecular flexibility index (Phi) is 5.83. The number of amides is 1. The van der Waals surface area contributed by atoms with Crippen LogP contribution in [0.4, 0.5) is 32.0 Å². The van der Waals surface area contributed by atoms with E-state index in [2.05, 4.69) is 0 Å². The standard InChI is InChI=1S/C20H17F6NO3/c21-19(22,23)18(29,20(24,25)26)15-6-7-16-14(11-15)12-30-9-8-27(16)17(28)10-13-4-2-1-3-5-13/h1-7,11,29H,8-10,12H2. The van der Waals surface area contributed by atoms with Crippen molar-refractivity contribution >= 4 is 11.6 Å². The smallest absolute Gasteiger partial charge is 0.375 e. The first-order chi connectivity index (χ1) is 13.9. The van der Waals surface area contributed by atoms with Gasteiger partial charge < -0.3 is 14.7 Å². The Morgan fingerprint density at radius 3 is 2.23 bits per heavy atom. The number of ether oxygens (including phenoxy) is 1. The molecule has 0 saturated heterocycles. The minimum absolute atomic E-state index is 0.00291. The summed E-state index contributed by atoms with van der Waals surface area (Å²) in [7, 11) is 0. The topological polar surface area (TPSA) is 49.8 Å². The molecule has 0 atom stereocenters. The molecule has 1 N–H and O–H groups in total. The van der Waals surface area contributed by atoms with Crippen molar-refractivity contribution in [3.63, 3.8) is 0 Å². The SMILES string of the molecule is O=C(Cc1ccccc1)N1CCOCc2cc(C(O)(C(F)(F)F)C(F)(F)F)ccc21. The van der Waals surface area contributed by atoms with E-state index in [-0.39, 0.29) is 43.3 Å². The second-order valence-electron chi connectivity index (χ2n) is 6.81. The molecule has 1 amide bonds. The summed E-state index contributed by atoms with van der Waals surface area (Å²) in [6.45, 7) is -0.168. The number of aliphatic hydroxyl groups is 1. The number of rotatable bonds is 3. The third-order valence-electron chi connectivity index (χ3n) is 4.82. The number of alkyl halides is 6. The minimum Gasteiger partial charge on any atom is -0.375 e. The Hall–Kier alpha value is -2.59. The largest absolute Gasteiger partial charge is 0.430 e. The Morgan fingerprint density at radius 2 is 1.63 bits per heavy atom. The van der Waals surface area contributed by atoms with Crippen LogP contribution >= 0.6 is 0 Å². The molecule has 10 heteroatoms. The fourth-order valence-corrected chi connectivity index (χ4v) is 3.26. The highest BCUT2D eigenvalue weighted by atomic mass is 19.4. The van der Waals surface area contributed by atoms with Crippen molar-refractivity contribution in [2.45, 2.75) is 31.0 Å². The second kappa shape index (κ2) is 7.92. The molecule has 0 bridgehead atoms. The van der Waals surface area contributed by atoms with Gasteiger partial charge in [0.1, 0.15) is 0 Å². The summed E-state index contributed by atoms with van der Waals surface area (Å²) < 4.78 is 84.3. The number of fused-ring (bicyclic) bond motifs is 1. The number of hydrogen-bond donors (Lipinski definition) is 1. The van der Waals surface area contributed by atoms with Crippen LogP contribution in [0.3, 0.4) is 0 Å². The van der Waals surface area contributed by atoms with Crippen LogP contribution < -0.4 is 4.90 Å². The number of nitrogens with zero attached hydrogens (tertiary/aromatic N) is 1. The molecule has 2 aromatic carbocycles. The van der Waals surface area contributed by atoms with Crippen LogP contribution in [0.15, 0.2) is 48.5 Å². The van der Waals surface area contributed by atoms with E-state index in [4.69, 9.17) is 4.74 Å². The Bertz CT molecular complexity index is 897. The Balaban J connectivity index is 2.00. The van der Waals surface area contributed by atoms with Gasteiger partial charge >= 0.3 is 12.4 Å². The minimum atomic E-state index is -5.99. The molecule has 2 aromatic rings. The molecule has 1 aliphatic rings. The van der Waals surface area contributed by atoms with Crippen LogP contribution in [-0.4, -0.2) is 36.5 Å². The van der Waals surface area contributed by atoms with Crippen LogP contribution in [0.2, 0.25) is 0 Å². The fourth-order valence-electron chi connectivity index (χ4n) is 3.26. The predicted octanol–water partition coefficient (Wildman–Crippen LogP) is 4.10. The maximum absolute atomic E-state index is 13.2. The van der Waals surface area contributed by atoms with Crippen molar-refractivity contribution in [2.75, 3.05) is 18.1 Å². The lowest BCUT2D eigenvalue weighted by atomic mass is 9.90. The summed E-state index contributed by atoms with van der Waals surface area (Å²) in [6.07, 6.45) is -12.0. The van der Waals surface area contributed by atoms with Gasteiger partial charge in [-0.05, 0) is 17.7 Å². The summed E-state index contributed by atoms with van der Waals surface area (Å²) in [5, 5.41) is 9.63. The highest BCUT2D eigenvalue weighted by Gasteiger charge is 2.71. The molecule has 0 spiro atoms. The van der Waals surface area contributed by atoms with Crippen LogP contribution in [-0.2, 0) is 28.2 Å². The summed E-state index contributed by atoms with van der Waals surface area (Å²) >= 11 is 0. The van der Waals surface area contributed by atoms with Gasteiger partial charge in [-0.1, -0.05) is 36.4 Å².